The maximum Gasteiger partial charge on any atom is 0.231 e. The van der Waals surface area contributed by atoms with E-state index in [1.165, 1.54) is 32.1 Å². The van der Waals surface area contributed by atoms with Gasteiger partial charge in [-0.05, 0) is 18.8 Å². The van der Waals surface area contributed by atoms with Gasteiger partial charge in [-0.3, -0.25) is 4.79 Å². The maximum absolute atomic E-state index is 12.1. The lowest BCUT2D eigenvalue weighted by atomic mass is 9.86. The smallest absolute Gasteiger partial charge is 0.231 e. The van der Waals surface area contributed by atoms with Crippen molar-refractivity contribution in [3.05, 3.63) is 12.1 Å². The Balaban J connectivity index is 1.47. The highest BCUT2D eigenvalue weighted by Gasteiger charge is 2.18. The lowest BCUT2D eigenvalue weighted by molar-refractivity contribution is -0.116. The van der Waals surface area contributed by atoms with Gasteiger partial charge in [0, 0.05) is 18.6 Å². The summed E-state index contributed by atoms with van der Waals surface area (Å²) in [6, 6.07) is 3.43. The van der Waals surface area contributed by atoms with Gasteiger partial charge < -0.3 is 20.5 Å². The summed E-state index contributed by atoms with van der Waals surface area (Å²) < 4.78 is 10.6. The molecule has 0 saturated heterocycles. The maximum atomic E-state index is 12.1. The summed E-state index contributed by atoms with van der Waals surface area (Å²) in [6.45, 7) is 0.202. The zero-order valence-electron chi connectivity index (χ0n) is 12.9. The van der Waals surface area contributed by atoms with Crippen LogP contribution in [0, 0.1) is 5.92 Å². The second-order valence-corrected chi connectivity index (χ2v) is 6.24. The minimum absolute atomic E-state index is 0.0152. The SMILES string of the molecule is Nc1cc2c(cc1NC(=O)CCCC1CCCCC1)OCO2. The van der Waals surface area contributed by atoms with Gasteiger partial charge in [0.2, 0.25) is 12.7 Å². The molecule has 0 spiro atoms. The predicted octanol–water partition coefficient (Wildman–Crippen LogP) is 3.69. The monoisotopic (exact) mass is 304 g/mol. The Morgan fingerprint density at radius 1 is 1.18 bits per heavy atom. The largest absolute Gasteiger partial charge is 0.454 e. The lowest BCUT2D eigenvalue weighted by Crippen LogP contribution is -2.14. The first kappa shape index (κ1) is 15.0. The van der Waals surface area contributed by atoms with Crippen LogP contribution in [0.25, 0.3) is 0 Å². The number of nitrogen functional groups attached to an aromatic ring is 1. The molecule has 0 unspecified atom stereocenters. The normalized spacial score (nSPS) is 17.5. The van der Waals surface area contributed by atoms with Crippen LogP contribution < -0.4 is 20.5 Å². The van der Waals surface area contributed by atoms with Gasteiger partial charge in [0.05, 0.1) is 11.4 Å². The van der Waals surface area contributed by atoms with Crippen molar-refractivity contribution in [2.75, 3.05) is 17.8 Å². The Labute approximate surface area is 131 Å². The van der Waals surface area contributed by atoms with E-state index in [1.807, 2.05) is 0 Å². The summed E-state index contributed by atoms with van der Waals surface area (Å²) in [5.74, 6) is 2.10. The van der Waals surface area contributed by atoms with Crippen LogP contribution in [-0.4, -0.2) is 12.7 Å². The number of nitrogens with two attached hydrogens (primary N) is 1. The molecule has 120 valence electrons. The van der Waals surface area contributed by atoms with Crippen LogP contribution >= 0.6 is 0 Å². The molecule has 5 heteroatoms. The molecule has 2 aliphatic rings. The Morgan fingerprint density at radius 2 is 1.91 bits per heavy atom. The summed E-state index contributed by atoms with van der Waals surface area (Å²) >= 11 is 0. The number of hydrogen-bond donors (Lipinski definition) is 2. The predicted molar refractivity (Wildman–Crippen MR) is 86.0 cm³/mol. The van der Waals surface area contributed by atoms with Gasteiger partial charge in [0.1, 0.15) is 0 Å². The van der Waals surface area contributed by atoms with Crippen LogP contribution in [-0.2, 0) is 4.79 Å². The molecule has 0 atom stereocenters. The minimum Gasteiger partial charge on any atom is -0.454 e. The number of carbonyl (C=O) groups is 1. The first-order valence-corrected chi connectivity index (χ1v) is 8.21. The van der Waals surface area contributed by atoms with Gasteiger partial charge in [-0.15, -0.1) is 0 Å². The summed E-state index contributed by atoms with van der Waals surface area (Å²) in [5, 5.41) is 2.88. The van der Waals surface area contributed by atoms with Crippen molar-refractivity contribution in [1.29, 1.82) is 0 Å². The van der Waals surface area contributed by atoms with Crippen molar-refractivity contribution in [3.8, 4) is 11.5 Å². The summed E-state index contributed by atoms with van der Waals surface area (Å²) in [6.07, 6.45) is 9.39. The Morgan fingerprint density at radius 3 is 2.68 bits per heavy atom. The van der Waals surface area contributed by atoms with E-state index in [0.717, 1.165) is 18.8 Å². The quantitative estimate of drug-likeness (QED) is 0.814. The van der Waals surface area contributed by atoms with E-state index in [9.17, 15) is 4.79 Å². The van der Waals surface area contributed by atoms with Crippen LogP contribution in [0.2, 0.25) is 0 Å². The van der Waals surface area contributed by atoms with E-state index in [1.54, 1.807) is 12.1 Å². The number of benzene rings is 1. The number of fused-ring (bicyclic) bond motifs is 1. The van der Waals surface area contributed by atoms with Gasteiger partial charge >= 0.3 is 0 Å². The molecule has 3 N–H and O–H groups in total. The Hall–Kier alpha value is -1.91. The number of nitrogens with one attached hydrogen (secondary N) is 1. The van der Waals surface area contributed by atoms with Gasteiger partial charge in [0.15, 0.2) is 11.5 Å². The highest BCUT2D eigenvalue weighted by Crippen LogP contribution is 2.38. The molecule has 3 rings (SSSR count). The van der Waals surface area contributed by atoms with E-state index in [2.05, 4.69) is 5.32 Å². The van der Waals surface area contributed by atoms with Crippen LogP contribution in [0.1, 0.15) is 51.4 Å². The number of hydrogen-bond acceptors (Lipinski definition) is 4. The van der Waals surface area contributed by atoms with Crippen LogP contribution in [0.3, 0.4) is 0 Å². The first-order valence-electron chi connectivity index (χ1n) is 8.21. The second-order valence-electron chi connectivity index (χ2n) is 6.24. The second kappa shape index (κ2) is 6.90. The zero-order valence-corrected chi connectivity index (χ0v) is 12.9. The number of ether oxygens (including phenoxy) is 2. The van der Waals surface area contributed by atoms with Crippen LogP contribution in [0.15, 0.2) is 12.1 Å². The van der Waals surface area contributed by atoms with Crippen molar-refractivity contribution in [3.63, 3.8) is 0 Å². The van der Waals surface area contributed by atoms with E-state index >= 15 is 0 Å². The van der Waals surface area contributed by atoms with E-state index < -0.39 is 0 Å². The summed E-state index contributed by atoms with van der Waals surface area (Å²) in [5.41, 5.74) is 7.05. The molecule has 1 aliphatic carbocycles. The highest BCUT2D eigenvalue weighted by molar-refractivity contribution is 5.94. The Bertz CT molecular complexity index is 539. The standard InChI is InChI=1S/C17H24N2O3/c18-13-9-15-16(22-11-21-15)10-14(13)19-17(20)8-4-7-12-5-2-1-3-6-12/h9-10,12H,1-8,11,18H2,(H,19,20). The highest BCUT2D eigenvalue weighted by atomic mass is 16.7. The van der Waals surface area contributed by atoms with Gasteiger partial charge in [-0.2, -0.15) is 0 Å². The number of rotatable bonds is 5. The number of carbonyl (C=O) groups excluding carboxylic acids is 1. The average Bonchev–Trinajstić information content (AvgIpc) is 2.96. The summed E-state index contributed by atoms with van der Waals surface area (Å²) in [4.78, 5) is 12.1. The van der Waals surface area contributed by atoms with Crippen molar-refractivity contribution in [2.45, 2.75) is 51.4 Å². The third-order valence-electron chi connectivity index (χ3n) is 4.56. The van der Waals surface area contributed by atoms with Crippen LogP contribution in [0.4, 0.5) is 11.4 Å². The molecule has 1 aliphatic heterocycles. The van der Waals surface area contributed by atoms with Gasteiger partial charge in [-0.25, -0.2) is 0 Å². The van der Waals surface area contributed by atoms with E-state index in [4.69, 9.17) is 15.2 Å². The number of anilines is 2. The van der Waals surface area contributed by atoms with Gasteiger partial charge in [-0.1, -0.05) is 32.1 Å². The molecular weight excluding hydrogens is 280 g/mol. The van der Waals surface area contributed by atoms with E-state index in [-0.39, 0.29) is 12.7 Å². The molecule has 1 heterocycles. The first-order chi connectivity index (χ1) is 10.7. The fourth-order valence-electron chi connectivity index (χ4n) is 3.31. The zero-order chi connectivity index (χ0) is 15.4. The third-order valence-corrected chi connectivity index (χ3v) is 4.56. The molecule has 1 amide bonds. The number of amides is 1. The molecule has 1 aromatic carbocycles. The molecule has 1 aromatic rings. The molecule has 0 bridgehead atoms. The van der Waals surface area contributed by atoms with Crippen molar-refractivity contribution in [2.24, 2.45) is 5.92 Å². The minimum atomic E-state index is 0.0152. The van der Waals surface area contributed by atoms with E-state index in [0.29, 0.717) is 29.3 Å². The molecule has 5 nitrogen and oxygen atoms in total. The summed E-state index contributed by atoms with van der Waals surface area (Å²) in [7, 11) is 0. The lowest BCUT2D eigenvalue weighted by Gasteiger charge is -2.21. The average molecular weight is 304 g/mol. The Kier molecular flexibility index (Phi) is 4.71. The third kappa shape index (κ3) is 3.64. The molecule has 0 radical (unpaired) electrons. The van der Waals surface area contributed by atoms with Gasteiger partial charge in [0.25, 0.3) is 0 Å². The molecular formula is C17H24N2O3. The van der Waals surface area contributed by atoms with Crippen LogP contribution in [0.5, 0.6) is 11.5 Å². The van der Waals surface area contributed by atoms with Crippen molar-refractivity contribution < 1.29 is 14.3 Å². The fraction of sp³-hybridized carbons (Fsp3) is 0.588. The molecule has 1 fully saturated rings. The topological polar surface area (TPSA) is 73.6 Å². The van der Waals surface area contributed by atoms with Crippen molar-refractivity contribution in [1.82, 2.24) is 0 Å². The fourth-order valence-corrected chi connectivity index (χ4v) is 3.31. The molecule has 0 aromatic heterocycles. The molecule has 22 heavy (non-hydrogen) atoms. The van der Waals surface area contributed by atoms with Crippen molar-refractivity contribution >= 4 is 17.3 Å². The molecule has 1 saturated carbocycles.